The quantitative estimate of drug-likeness (QED) is 0.874. The van der Waals surface area contributed by atoms with Crippen molar-refractivity contribution in [2.75, 3.05) is 19.6 Å². The lowest BCUT2D eigenvalue weighted by Crippen LogP contribution is -2.56. The molecule has 2 heterocycles. The van der Waals surface area contributed by atoms with Crippen LogP contribution in [0.25, 0.3) is 0 Å². The predicted octanol–water partition coefficient (Wildman–Crippen LogP) is 2.19. The van der Waals surface area contributed by atoms with E-state index in [-0.39, 0.29) is 17.1 Å². The highest BCUT2D eigenvalue weighted by atomic mass is 19.1. The molecule has 3 rings (SSSR count). The van der Waals surface area contributed by atoms with E-state index < -0.39 is 5.54 Å². The molecule has 0 aliphatic carbocycles. The van der Waals surface area contributed by atoms with E-state index >= 15 is 0 Å². The maximum Gasteiger partial charge on any atom is 0.248 e. The Morgan fingerprint density at radius 2 is 2.12 bits per heavy atom. The molecular weight excluding hydrogens is 319 g/mol. The SMILES string of the molecule is CC(C)(CNC(=O)C1(n2cccn2)CCNCC1)c1cccc(F)c1. The normalized spacial score (nSPS) is 17.2. The summed E-state index contributed by atoms with van der Waals surface area (Å²) in [6.45, 7) is 6.00. The van der Waals surface area contributed by atoms with Gasteiger partial charge in [-0.15, -0.1) is 0 Å². The van der Waals surface area contributed by atoms with Gasteiger partial charge in [0.25, 0.3) is 0 Å². The van der Waals surface area contributed by atoms with Crippen LogP contribution in [0.4, 0.5) is 4.39 Å². The molecule has 0 spiro atoms. The van der Waals surface area contributed by atoms with E-state index in [0.29, 0.717) is 19.4 Å². The van der Waals surface area contributed by atoms with Crippen LogP contribution in [0.15, 0.2) is 42.7 Å². The highest BCUT2D eigenvalue weighted by Crippen LogP contribution is 2.28. The summed E-state index contributed by atoms with van der Waals surface area (Å²) in [5.74, 6) is -0.287. The molecule has 6 heteroatoms. The maximum absolute atomic E-state index is 13.5. The van der Waals surface area contributed by atoms with Crippen LogP contribution >= 0.6 is 0 Å². The number of carbonyl (C=O) groups is 1. The molecule has 1 fully saturated rings. The molecule has 1 aliphatic heterocycles. The molecule has 1 amide bonds. The third-order valence-electron chi connectivity index (χ3n) is 5.09. The maximum atomic E-state index is 13.5. The molecule has 1 aromatic carbocycles. The molecule has 0 bridgehead atoms. The minimum Gasteiger partial charge on any atom is -0.353 e. The van der Waals surface area contributed by atoms with Crippen molar-refractivity contribution in [3.05, 3.63) is 54.1 Å². The average Bonchev–Trinajstić information content (AvgIpc) is 3.15. The van der Waals surface area contributed by atoms with Crippen molar-refractivity contribution < 1.29 is 9.18 Å². The third-order valence-corrected chi connectivity index (χ3v) is 5.09. The number of rotatable bonds is 5. The van der Waals surface area contributed by atoms with Gasteiger partial charge in [0.15, 0.2) is 0 Å². The summed E-state index contributed by atoms with van der Waals surface area (Å²) in [5, 5.41) is 10.7. The van der Waals surface area contributed by atoms with Crippen molar-refractivity contribution in [1.82, 2.24) is 20.4 Å². The summed E-state index contributed by atoms with van der Waals surface area (Å²) in [7, 11) is 0. The number of halogens is 1. The second-order valence-electron chi connectivity index (χ2n) is 7.31. The van der Waals surface area contributed by atoms with Crippen LogP contribution in [-0.4, -0.2) is 35.3 Å². The molecule has 134 valence electrons. The smallest absolute Gasteiger partial charge is 0.248 e. The molecule has 0 atom stereocenters. The number of amides is 1. The van der Waals surface area contributed by atoms with Gasteiger partial charge in [-0.25, -0.2) is 4.39 Å². The summed E-state index contributed by atoms with van der Waals surface area (Å²) >= 11 is 0. The lowest BCUT2D eigenvalue weighted by atomic mass is 9.83. The number of nitrogens with one attached hydrogen (secondary N) is 2. The summed E-state index contributed by atoms with van der Waals surface area (Å²) < 4.78 is 15.3. The van der Waals surface area contributed by atoms with Crippen LogP contribution < -0.4 is 10.6 Å². The second kappa shape index (κ2) is 6.96. The Bertz CT molecular complexity index is 721. The van der Waals surface area contributed by atoms with Crippen LogP contribution in [0.1, 0.15) is 32.3 Å². The number of hydrogen-bond acceptors (Lipinski definition) is 3. The first-order valence-corrected chi connectivity index (χ1v) is 8.69. The molecule has 5 nitrogen and oxygen atoms in total. The average molecular weight is 344 g/mol. The first kappa shape index (κ1) is 17.6. The molecule has 25 heavy (non-hydrogen) atoms. The van der Waals surface area contributed by atoms with Crippen molar-refractivity contribution in [2.45, 2.75) is 37.6 Å². The monoisotopic (exact) mass is 344 g/mol. The van der Waals surface area contributed by atoms with E-state index in [4.69, 9.17) is 0 Å². The molecule has 1 aromatic heterocycles. The topological polar surface area (TPSA) is 59.0 Å². The van der Waals surface area contributed by atoms with E-state index in [9.17, 15) is 9.18 Å². The minimum absolute atomic E-state index is 0.0258. The Balaban J connectivity index is 1.76. The van der Waals surface area contributed by atoms with Gasteiger partial charge in [-0.05, 0) is 49.7 Å². The van der Waals surface area contributed by atoms with Gasteiger partial charge in [-0.2, -0.15) is 5.10 Å². The van der Waals surface area contributed by atoms with E-state index in [1.807, 2.05) is 32.2 Å². The minimum atomic E-state index is -0.660. The third kappa shape index (κ3) is 3.58. The Kier molecular flexibility index (Phi) is 4.90. The Morgan fingerprint density at radius 3 is 2.76 bits per heavy atom. The van der Waals surface area contributed by atoms with Crippen LogP contribution in [-0.2, 0) is 15.7 Å². The molecular formula is C19H25FN4O. The van der Waals surface area contributed by atoms with Crippen molar-refractivity contribution in [3.63, 3.8) is 0 Å². The summed E-state index contributed by atoms with van der Waals surface area (Å²) in [5.41, 5.74) is -0.158. The van der Waals surface area contributed by atoms with E-state index in [1.165, 1.54) is 12.1 Å². The van der Waals surface area contributed by atoms with E-state index in [0.717, 1.165) is 18.7 Å². The zero-order chi connectivity index (χ0) is 17.9. The number of aromatic nitrogens is 2. The Labute approximate surface area is 147 Å². The predicted molar refractivity (Wildman–Crippen MR) is 94.7 cm³/mol. The fourth-order valence-electron chi connectivity index (χ4n) is 3.40. The standard InChI is InChI=1S/C19H25FN4O/c1-18(2,15-5-3-6-16(20)13-15)14-22-17(25)19(7-10-21-11-8-19)24-12-4-9-23-24/h3-6,9,12-13,21H,7-8,10-11,14H2,1-2H3,(H,22,25). The lowest BCUT2D eigenvalue weighted by molar-refractivity contribution is -0.132. The summed E-state index contributed by atoms with van der Waals surface area (Å²) in [6, 6.07) is 8.39. The van der Waals surface area contributed by atoms with Gasteiger partial charge < -0.3 is 10.6 Å². The highest BCUT2D eigenvalue weighted by molar-refractivity contribution is 5.84. The van der Waals surface area contributed by atoms with Gasteiger partial charge in [0.05, 0.1) is 0 Å². The van der Waals surface area contributed by atoms with Gasteiger partial charge in [-0.1, -0.05) is 26.0 Å². The fourth-order valence-corrected chi connectivity index (χ4v) is 3.40. The van der Waals surface area contributed by atoms with Crippen molar-refractivity contribution in [3.8, 4) is 0 Å². The van der Waals surface area contributed by atoms with Crippen molar-refractivity contribution in [2.24, 2.45) is 0 Å². The largest absolute Gasteiger partial charge is 0.353 e. The zero-order valence-corrected chi connectivity index (χ0v) is 14.8. The van der Waals surface area contributed by atoms with Gasteiger partial charge in [-0.3, -0.25) is 9.48 Å². The van der Waals surface area contributed by atoms with Gasteiger partial charge >= 0.3 is 0 Å². The van der Waals surface area contributed by atoms with Crippen molar-refractivity contribution >= 4 is 5.91 Å². The highest BCUT2D eigenvalue weighted by Gasteiger charge is 2.42. The van der Waals surface area contributed by atoms with E-state index in [2.05, 4.69) is 15.7 Å². The van der Waals surface area contributed by atoms with Crippen LogP contribution in [0, 0.1) is 5.82 Å². The Hall–Kier alpha value is -2.21. The number of piperidine rings is 1. The molecule has 0 radical (unpaired) electrons. The molecule has 2 N–H and O–H groups in total. The van der Waals surface area contributed by atoms with Crippen LogP contribution in [0.3, 0.4) is 0 Å². The number of hydrogen-bond donors (Lipinski definition) is 2. The fraction of sp³-hybridized carbons (Fsp3) is 0.474. The van der Waals surface area contributed by atoms with Crippen LogP contribution in [0.5, 0.6) is 0 Å². The zero-order valence-electron chi connectivity index (χ0n) is 14.8. The Morgan fingerprint density at radius 1 is 1.36 bits per heavy atom. The number of benzene rings is 1. The molecule has 1 aliphatic rings. The molecule has 2 aromatic rings. The van der Waals surface area contributed by atoms with Gasteiger partial charge in [0, 0.05) is 24.4 Å². The number of carbonyl (C=O) groups excluding carboxylic acids is 1. The molecule has 0 unspecified atom stereocenters. The van der Waals surface area contributed by atoms with Crippen molar-refractivity contribution in [1.29, 1.82) is 0 Å². The molecule has 0 saturated carbocycles. The first-order chi connectivity index (χ1) is 11.9. The van der Waals surface area contributed by atoms with Gasteiger partial charge in [0.2, 0.25) is 5.91 Å². The summed E-state index contributed by atoms with van der Waals surface area (Å²) in [4.78, 5) is 13.1. The lowest BCUT2D eigenvalue weighted by Gasteiger charge is -2.37. The van der Waals surface area contributed by atoms with Crippen LogP contribution in [0.2, 0.25) is 0 Å². The number of nitrogens with zero attached hydrogens (tertiary/aromatic N) is 2. The second-order valence-corrected chi connectivity index (χ2v) is 7.31. The van der Waals surface area contributed by atoms with E-state index in [1.54, 1.807) is 16.9 Å². The first-order valence-electron chi connectivity index (χ1n) is 8.69. The molecule has 1 saturated heterocycles. The summed E-state index contributed by atoms with van der Waals surface area (Å²) in [6.07, 6.45) is 4.94. The van der Waals surface area contributed by atoms with Gasteiger partial charge in [0.1, 0.15) is 11.4 Å².